The van der Waals surface area contributed by atoms with Gasteiger partial charge in [0.15, 0.2) is 0 Å². The highest BCUT2D eigenvalue weighted by atomic mass is 35.5. The van der Waals surface area contributed by atoms with Gasteiger partial charge in [-0.3, -0.25) is 9.59 Å². The molecule has 0 heterocycles. The summed E-state index contributed by atoms with van der Waals surface area (Å²) < 4.78 is 10.5. The number of benzene rings is 2. The third-order valence-electron chi connectivity index (χ3n) is 3.62. The minimum Gasteiger partial charge on any atom is -0.497 e. The molecule has 2 amide bonds. The molecular formula is C19H21ClN2O4. The third kappa shape index (κ3) is 5.67. The number of methoxy groups -OCH3 is 2. The van der Waals surface area contributed by atoms with E-state index < -0.39 is 0 Å². The molecule has 0 aromatic heterocycles. The topological polar surface area (TPSA) is 76.7 Å². The number of aryl methyl sites for hydroxylation is 1. The van der Waals surface area contributed by atoms with Gasteiger partial charge in [-0.2, -0.15) is 0 Å². The number of rotatable bonds is 7. The zero-order valence-electron chi connectivity index (χ0n) is 14.9. The van der Waals surface area contributed by atoms with E-state index in [9.17, 15) is 9.59 Å². The highest BCUT2D eigenvalue weighted by Crippen LogP contribution is 2.26. The number of ether oxygens (including phenoxy) is 2. The van der Waals surface area contributed by atoms with Crippen molar-refractivity contribution in [3.8, 4) is 11.5 Å². The van der Waals surface area contributed by atoms with Crippen molar-refractivity contribution < 1.29 is 19.1 Å². The molecule has 0 saturated carbocycles. The fraction of sp³-hybridized carbons (Fsp3) is 0.263. The summed E-state index contributed by atoms with van der Waals surface area (Å²) in [5.41, 5.74) is 2.01. The fourth-order valence-electron chi connectivity index (χ4n) is 2.38. The van der Waals surface area contributed by atoms with Crippen LogP contribution in [0.15, 0.2) is 36.4 Å². The van der Waals surface area contributed by atoms with Crippen LogP contribution >= 0.6 is 11.6 Å². The van der Waals surface area contributed by atoms with Crippen LogP contribution in [0.4, 0.5) is 11.4 Å². The summed E-state index contributed by atoms with van der Waals surface area (Å²) in [7, 11) is 3.17. The number of nitrogens with one attached hydrogen (secondary N) is 2. The van der Waals surface area contributed by atoms with Gasteiger partial charge < -0.3 is 20.1 Å². The molecule has 26 heavy (non-hydrogen) atoms. The first-order chi connectivity index (χ1) is 12.4. The van der Waals surface area contributed by atoms with Gasteiger partial charge in [0.05, 0.1) is 24.9 Å². The summed E-state index contributed by atoms with van der Waals surface area (Å²) >= 11 is 6.10. The molecule has 0 bridgehead atoms. The summed E-state index contributed by atoms with van der Waals surface area (Å²) in [6.07, 6.45) is 0.832. The summed E-state index contributed by atoms with van der Waals surface area (Å²) in [5, 5.41) is 5.76. The van der Waals surface area contributed by atoms with E-state index >= 15 is 0 Å². The average Bonchev–Trinajstić information content (AvgIpc) is 2.61. The van der Waals surface area contributed by atoms with Crippen LogP contribution < -0.4 is 20.1 Å². The average molecular weight is 377 g/mol. The molecule has 0 atom stereocenters. The molecule has 0 aliphatic carbocycles. The lowest BCUT2D eigenvalue weighted by Gasteiger charge is -2.10. The Balaban J connectivity index is 1.97. The van der Waals surface area contributed by atoms with Crippen molar-refractivity contribution in [1.82, 2.24) is 0 Å². The van der Waals surface area contributed by atoms with Crippen LogP contribution in [0.25, 0.3) is 0 Å². The number of amides is 2. The van der Waals surface area contributed by atoms with Crippen LogP contribution in [0.5, 0.6) is 11.5 Å². The molecule has 0 fully saturated rings. The van der Waals surface area contributed by atoms with Crippen LogP contribution in [0.2, 0.25) is 5.02 Å². The number of hydrogen-bond donors (Lipinski definition) is 2. The summed E-state index contributed by atoms with van der Waals surface area (Å²) in [6.45, 7) is 1.40. The van der Waals surface area contributed by atoms with Gasteiger partial charge in [0, 0.05) is 25.1 Å². The molecule has 0 aliphatic heterocycles. The van der Waals surface area contributed by atoms with Crippen LogP contribution in [0.3, 0.4) is 0 Å². The van der Waals surface area contributed by atoms with Gasteiger partial charge in [-0.05, 0) is 42.3 Å². The molecule has 0 saturated heterocycles. The Morgan fingerprint density at radius 3 is 2.19 bits per heavy atom. The third-order valence-corrected chi connectivity index (χ3v) is 3.93. The first-order valence-electron chi connectivity index (χ1n) is 8.00. The standard InChI is InChI=1S/C19H21ClN2O4/c1-12(23)21-18-6-5-14(10-17(18)20)22-19(24)7-4-13-8-15(25-2)11-16(9-13)26-3/h5-6,8-11H,4,7H2,1-3H3,(H,21,23)(H,22,24). The second-order valence-corrected chi connectivity index (χ2v) is 6.05. The lowest BCUT2D eigenvalue weighted by atomic mass is 10.1. The van der Waals surface area contributed by atoms with E-state index in [4.69, 9.17) is 21.1 Å². The first kappa shape index (κ1) is 19.6. The van der Waals surface area contributed by atoms with Gasteiger partial charge in [-0.25, -0.2) is 0 Å². The van der Waals surface area contributed by atoms with Gasteiger partial charge in [-0.1, -0.05) is 11.6 Å². The Labute approximate surface area is 157 Å². The highest BCUT2D eigenvalue weighted by molar-refractivity contribution is 6.34. The molecule has 2 N–H and O–H groups in total. The summed E-state index contributed by atoms with van der Waals surface area (Å²) in [5.74, 6) is 1.01. The van der Waals surface area contributed by atoms with Crippen LogP contribution in [-0.4, -0.2) is 26.0 Å². The Bertz CT molecular complexity index is 786. The van der Waals surface area contributed by atoms with Crippen molar-refractivity contribution in [3.63, 3.8) is 0 Å². The van der Waals surface area contributed by atoms with Crippen LogP contribution in [0.1, 0.15) is 18.9 Å². The first-order valence-corrected chi connectivity index (χ1v) is 8.38. The molecule has 138 valence electrons. The van der Waals surface area contributed by atoms with Crippen molar-refractivity contribution in [2.24, 2.45) is 0 Å². The van der Waals surface area contributed by atoms with Gasteiger partial charge in [0.25, 0.3) is 0 Å². The van der Waals surface area contributed by atoms with Crippen LogP contribution in [0, 0.1) is 0 Å². The van der Waals surface area contributed by atoms with E-state index in [0.29, 0.717) is 40.7 Å². The second-order valence-electron chi connectivity index (χ2n) is 5.64. The van der Waals surface area contributed by atoms with Crippen molar-refractivity contribution in [3.05, 3.63) is 47.0 Å². The van der Waals surface area contributed by atoms with Crippen molar-refractivity contribution in [1.29, 1.82) is 0 Å². The van der Waals surface area contributed by atoms with E-state index in [1.165, 1.54) is 6.92 Å². The van der Waals surface area contributed by atoms with Gasteiger partial charge >= 0.3 is 0 Å². The smallest absolute Gasteiger partial charge is 0.224 e. The molecule has 6 nitrogen and oxygen atoms in total. The normalized spacial score (nSPS) is 10.2. The lowest BCUT2D eigenvalue weighted by Crippen LogP contribution is -2.13. The predicted octanol–water partition coefficient (Wildman–Crippen LogP) is 3.89. The molecule has 7 heteroatoms. The molecule has 0 aliphatic rings. The van der Waals surface area contributed by atoms with E-state index in [1.807, 2.05) is 12.1 Å². The predicted molar refractivity (Wildman–Crippen MR) is 102 cm³/mol. The van der Waals surface area contributed by atoms with Crippen LogP contribution in [-0.2, 0) is 16.0 Å². The molecule has 0 spiro atoms. The number of anilines is 2. The van der Waals surface area contributed by atoms with Crippen molar-refractivity contribution >= 4 is 34.8 Å². The fourth-order valence-corrected chi connectivity index (χ4v) is 2.60. The molecule has 0 radical (unpaired) electrons. The minimum atomic E-state index is -0.211. The maximum Gasteiger partial charge on any atom is 0.224 e. The molecule has 2 aromatic carbocycles. The SMILES string of the molecule is COc1cc(CCC(=O)Nc2ccc(NC(C)=O)c(Cl)c2)cc(OC)c1. The van der Waals surface area contributed by atoms with Crippen molar-refractivity contribution in [2.45, 2.75) is 19.8 Å². The number of carbonyl (C=O) groups excluding carboxylic acids is 2. The Morgan fingerprint density at radius 1 is 1.00 bits per heavy atom. The minimum absolute atomic E-state index is 0.143. The molecular weight excluding hydrogens is 356 g/mol. The summed E-state index contributed by atoms with van der Waals surface area (Å²) in [6, 6.07) is 10.4. The Kier molecular flexibility index (Phi) is 6.86. The van der Waals surface area contributed by atoms with Gasteiger partial charge in [0.2, 0.25) is 11.8 Å². The lowest BCUT2D eigenvalue weighted by molar-refractivity contribution is -0.116. The highest BCUT2D eigenvalue weighted by Gasteiger charge is 2.08. The molecule has 2 aromatic rings. The quantitative estimate of drug-likeness (QED) is 0.768. The van der Waals surface area contributed by atoms with E-state index in [2.05, 4.69) is 10.6 Å². The zero-order chi connectivity index (χ0) is 19.1. The number of halogens is 1. The largest absolute Gasteiger partial charge is 0.497 e. The Hall–Kier alpha value is -2.73. The van der Waals surface area contributed by atoms with E-state index in [1.54, 1.807) is 38.5 Å². The maximum atomic E-state index is 12.2. The van der Waals surface area contributed by atoms with Crippen molar-refractivity contribution in [2.75, 3.05) is 24.9 Å². The van der Waals surface area contributed by atoms with Gasteiger partial charge in [-0.15, -0.1) is 0 Å². The second kappa shape index (κ2) is 9.10. The summed E-state index contributed by atoms with van der Waals surface area (Å²) in [4.78, 5) is 23.3. The molecule has 0 unspecified atom stereocenters. The monoisotopic (exact) mass is 376 g/mol. The van der Waals surface area contributed by atoms with Gasteiger partial charge in [0.1, 0.15) is 11.5 Å². The van der Waals surface area contributed by atoms with E-state index in [0.717, 1.165) is 5.56 Å². The van der Waals surface area contributed by atoms with E-state index in [-0.39, 0.29) is 11.8 Å². The molecule has 2 rings (SSSR count). The maximum absolute atomic E-state index is 12.2. The number of hydrogen-bond acceptors (Lipinski definition) is 4. The number of carbonyl (C=O) groups is 2. The Morgan fingerprint density at radius 2 is 1.65 bits per heavy atom. The zero-order valence-corrected chi connectivity index (χ0v) is 15.6.